The average molecular weight is 316 g/mol. The summed E-state index contributed by atoms with van der Waals surface area (Å²) in [5.41, 5.74) is 2.97. The highest BCUT2D eigenvalue weighted by molar-refractivity contribution is 9.10. The second-order valence-electron chi connectivity index (χ2n) is 4.86. The molecule has 0 saturated heterocycles. The van der Waals surface area contributed by atoms with Crippen LogP contribution >= 0.6 is 15.9 Å². The van der Waals surface area contributed by atoms with Crippen molar-refractivity contribution in [3.05, 3.63) is 63.9 Å². The Balaban J connectivity index is 1.95. The van der Waals surface area contributed by atoms with Gasteiger partial charge in [-0.15, -0.1) is 0 Å². The summed E-state index contributed by atoms with van der Waals surface area (Å²) >= 11 is 3.39. The highest BCUT2D eigenvalue weighted by atomic mass is 79.9. The molecular formula is C16H14BrNO. The summed E-state index contributed by atoms with van der Waals surface area (Å²) in [5, 5.41) is 0. The third kappa shape index (κ3) is 2.47. The first-order valence-corrected chi connectivity index (χ1v) is 7.28. The Bertz CT molecular complexity index is 606. The number of halogens is 1. The zero-order valence-electron chi connectivity index (χ0n) is 10.5. The Hall–Kier alpha value is -1.48. The molecule has 3 rings (SSSR count). The number of hydrogen-bond acceptors (Lipinski definition) is 2. The fourth-order valence-electron chi connectivity index (χ4n) is 2.68. The van der Waals surface area contributed by atoms with E-state index in [2.05, 4.69) is 27.0 Å². The Labute approximate surface area is 121 Å². The van der Waals surface area contributed by atoms with Crippen LogP contribution in [0.15, 0.2) is 47.1 Å². The lowest BCUT2D eigenvalue weighted by Gasteiger charge is -2.23. The normalized spacial score (nSPS) is 17.8. The molecule has 1 aliphatic rings. The molecule has 0 fully saturated rings. The first kappa shape index (κ1) is 12.5. The van der Waals surface area contributed by atoms with E-state index in [1.807, 2.05) is 30.3 Å². The number of pyridine rings is 1. The molecule has 2 nitrogen and oxygen atoms in total. The minimum absolute atomic E-state index is 0.0777. The lowest BCUT2D eigenvalue weighted by molar-refractivity contribution is 0.0949. The highest BCUT2D eigenvalue weighted by Gasteiger charge is 2.28. The molecule has 96 valence electrons. The summed E-state index contributed by atoms with van der Waals surface area (Å²) in [5.74, 6) is 0.110. The summed E-state index contributed by atoms with van der Waals surface area (Å²) < 4.78 is 0.992. The summed E-state index contributed by atoms with van der Waals surface area (Å²) in [6.45, 7) is 0. The smallest absolute Gasteiger partial charge is 0.171 e. The van der Waals surface area contributed by atoms with Crippen molar-refractivity contribution in [3.63, 3.8) is 0 Å². The van der Waals surface area contributed by atoms with Gasteiger partial charge in [0.25, 0.3) is 0 Å². The molecule has 0 spiro atoms. The van der Waals surface area contributed by atoms with Gasteiger partial charge >= 0.3 is 0 Å². The number of fused-ring (bicyclic) bond motifs is 1. The zero-order chi connectivity index (χ0) is 13.2. The van der Waals surface area contributed by atoms with Crippen LogP contribution in [0.3, 0.4) is 0 Å². The third-order valence-corrected chi connectivity index (χ3v) is 4.17. The molecule has 1 aromatic heterocycles. The molecular weight excluding hydrogens is 302 g/mol. The molecule has 1 atom stereocenters. The summed E-state index contributed by atoms with van der Waals surface area (Å²) in [4.78, 5) is 17.1. The van der Waals surface area contributed by atoms with E-state index in [4.69, 9.17) is 0 Å². The summed E-state index contributed by atoms with van der Waals surface area (Å²) in [6.07, 6.45) is 4.78. The maximum Gasteiger partial charge on any atom is 0.171 e. The summed E-state index contributed by atoms with van der Waals surface area (Å²) in [6, 6.07) is 11.6. The molecule has 0 saturated carbocycles. The quantitative estimate of drug-likeness (QED) is 0.779. The van der Waals surface area contributed by atoms with Crippen LogP contribution < -0.4 is 0 Å². The van der Waals surface area contributed by atoms with Gasteiger partial charge in [0, 0.05) is 16.2 Å². The molecule has 0 aliphatic heterocycles. The number of benzene rings is 1. The van der Waals surface area contributed by atoms with Crippen LogP contribution in [0.1, 0.15) is 40.4 Å². The molecule has 1 unspecified atom stereocenters. The number of hydrogen-bond donors (Lipinski definition) is 0. The molecule has 1 heterocycles. The molecule has 2 aromatic rings. The first-order valence-electron chi connectivity index (χ1n) is 6.49. The molecule has 0 amide bonds. The minimum Gasteiger partial charge on any atom is -0.293 e. The van der Waals surface area contributed by atoms with Gasteiger partial charge in [-0.2, -0.15) is 0 Å². The van der Waals surface area contributed by atoms with E-state index in [9.17, 15) is 4.79 Å². The van der Waals surface area contributed by atoms with Crippen molar-refractivity contribution in [2.24, 2.45) is 0 Å². The van der Waals surface area contributed by atoms with Gasteiger partial charge in [-0.3, -0.25) is 9.78 Å². The van der Waals surface area contributed by atoms with Gasteiger partial charge in [0.1, 0.15) is 0 Å². The van der Waals surface area contributed by atoms with Crippen molar-refractivity contribution in [1.82, 2.24) is 4.98 Å². The molecule has 1 aliphatic carbocycles. The topological polar surface area (TPSA) is 30.0 Å². The van der Waals surface area contributed by atoms with Gasteiger partial charge in [-0.25, -0.2) is 0 Å². The number of carbonyl (C=O) groups excluding carboxylic acids is 1. The van der Waals surface area contributed by atoms with Crippen molar-refractivity contribution < 1.29 is 4.79 Å². The van der Waals surface area contributed by atoms with Gasteiger partial charge in [0.15, 0.2) is 5.78 Å². The van der Waals surface area contributed by atoms with Gasteiger partial charge in [0.2, 0.25) is 0 Å². The predicted molar refractivity (Wildman–Crippen MR) is 78.4 cm³/mol. The predicted octanol–water partition coefficient (Wildman–Crippen LogP) is 4.15. The van der Waals surface area contributed by atoms with Crippen molar-refractivity contribution in [2.75, 3.05) is 0 Å². The van der Waals surface area contributed by atoms with E-state index in [1.165, 1.54) is 5.56 Å². The van der Waals surface area contributed by atoms with E-state index in [0.717, 1.165) is 35.0 Å². The molecule has 1 aromatic carbocycles. The van der Waals surface area contributed by atoms with Crippen LogP contribution in [-0.2, 0) is 6.42 Å². The van der Waals surface area contributed by atoms with E-state index in [0.29, 0.717) is 0 Å². The summed E-state index contributed by atoms with van der Waals surface area (Å²) in [7, 11) is 0. The standard InChI is InChI=1S/C16H14BrNO/c17-13-8-6-12(7-9-13)16(19)14-5-1-3-11-4-2-10-18-15(11)14/h2,4,6-10,14H,1,3,5H2. The van der Waals surface area contributed by atoms with Crippen molar-refractivity contribution in [3.8, 4) is 0 Å². The largest absolute Gasteiger partial charge is 0.293 e. The van der Waals surface area contributed by atoms with Crippen LogP contribution in [0.2, 0.25) is 0 Å². The highest BCUT2D eigenvalue weighted by Crippen LogP contribution is 2.32. The van der Waals surface area contributed by atoms with Crippen LogP contribution in [-0.4, -0.2) is 10.8 Å². The fraction of sp³-hybridized carbons (Fsp3) is 0.250. The second-order valence-corrected chi connectivity index (χ2v) is 5.78. The Morgan fingerprint density at radius 2 is 2.00 bits per heavy atom. The monoisotopic (exact) mass is 315 g/mol. The number of nitrogens with zero attached hydrogens (tertiary/aromatic N) is 1. The van der Waals surface area contributed by atoms with Gasteiger partial charge < -0.3 is 0 Å². The van der Waals surface area contributed by atoms with E-state index in [-0.39, 0.29) is 11.7 Å². The number of Topliss-reactive ketones (excluding diaryl/α,β-unsaturated/α-hetero) is 1. The second kappa shape index (κ2) is 5.25. The van der Waals surface area contributed by atoms with E-state index < -0.39 is 0 Å². The van der Waals surface area contributed by atoms with E-state index >= 15 is 0 Å². The molecule has 0 bridgehead atoms. The number of ketones is 1. The fourth-order valence-corrected chi connectivity index (χ4v) is 2.94. The van der Waals surface area contributed by atoms with Crippen molar-refractivity contribution in [1.29, 1.82) is 0 Å². The number of aryl methyl sites for hydroxylation is 1. The van der Waals surface area contributed by atoms with Gasteiger partial charge in [0.05, 0.1) is 11.6 Å². The molecule has 19 heavy (non-hydrogen) atoms. The first-order chi connectivity index (χ1) is 9.25. The number of carbonyl (C=O) groups is 1. The Kier molecular flexibility index (Phi) is 3.47. The van der Waals surface area contributed by atoms with Crippen LogP contribution in [0.4, 0.5) is 0 Å². The van der Waals surface area contributed by atoms with Crippen LogP contribution in [0.5, 0.6) is 0 Å². The third-order valence-electron chi connectivity index (χ3n) is 3.64. The number of rotatable bonds is 2. The van der Waals surface area contributed by atoms with Gasteiger partial charge in [-0.1, -0.05) is 34.1 Å². The Morgan fingerprint density at radius 1 is 1.21 bits per heavy atom. The SMILES string of the molecule is O=C(c1ccc(Br)cc1)C1CCCc2cccnc21. The van der Waals surface area contributed by atoms with Gasteiger partial charge in [-0.05, 0) is 43.0 Å². The van der Waals surface area contributed by atoms with Crippen molar-refractivity contribution in [2.45, 2.75) is 25.2 Å². The van der Waals surface area contributed by atoms with Crippen LogP contribution in [0, 0.1) is 0 Å². The Morgan fingerprint density at radius 3 is 2.79 bits per heavy atom. The number of aromatic nitrogens is 1. The maximum absolute atomic E-state index is 12.6. The molecule has 0 radical (unpaired) electrons. The maximum atomic E-state index is 12.6. The lowest BCUT2D eigenvalue weighted by Crippen LogP contribution is -2.20. The average Bonchev–Trinajstić information content (AvgIpc) is 2.47. The van der Waals surface area contributed by atoms with E-state index in [1.54, 1.807) is 6.20 Å². The molecule has 3 heteroatoms. The molecule has 0 N–H and O–H groups in total. The zero-order valence-corrected chi connectivity index (χ0v) is 12.1. The van der Waals surface area contributed by atoms with Crippen LogP contribution in [0.25, 0.3) is 0 Å². The lowest BCUT2D eigenvalue weighted by atomic mass is 9.82. The minimum atomic E-state index is -0.0777. The van der Waals surface area contributed by atoms with Crippen molar-refractivity contribution >= 4 is 21.7 Å².